The van der Waals surface area contributed by atoms with Crippen LogP contribution in [-0.2, 0) is 70.1 Å². The highest BCUT2D eigenvalue weighted by molar-refractivity contribution is 6.39. The van der Waals surface area contributed by atoms with Gasteiger partial charge in [0.1, 0.15) is 42.1 Å². The highest BCUT2D eigenvalue weighted by Gasteiger charge is 2.53. The molecule has 8 N–H and O–H groups in total. The second-order valence-corrected chi connectivity index (χ2v) is 27.7. The number of piperidine rings is 1. The van der Waals surface area contributed by atoms with E-state index >= 15 is 0 Å². The number of aliphatic hydroxyl groups excluding tert-OH is 2. The Balaban J connectivity index is 0.902. The number of carbonyl (C=O) groups excluding carboxylic acids is 7. The first-order valence-electron chi connectivity index (χ1n) is 35.6. The number of nitrogen functional groups attached to an aromatic ring is 1. The maximum Gasteiger partial charge on any atom is 0.410 e. The average molecular weight is 1400 g/mol. The number of amides is 3. The summed E-state index contributed by atoms with van der Waals surface area (Å²) in [6, 6.07) is -2.25. The average Bonchev–Trinajstić information content (AvgIpc) is 0.770. The molecule has 3 amide bonds. The lowest BCUT2D eigenvalue weighted by atomic mass is 9.80. The monoisotopic (exact) mass is 1400 g/mol. The van der Waals surface area contributed by atoms with Gasteiger partial charge in [0, 0.05) is 128 Å². The zero-order valence-corrected chi connectivity index (χ0v) is 59.7. The number of nitrogens with one attached hydrogen (secondary N) is 1. The summed E-state index contributed by atoms with van der Waals surface area (Å²) < 4.78 is 41.2. The van der Waals surface area contributed by atoms with Crippen molar-refractivity contribution in [1.29, 1.82) is 0 Å². The summed E-state index contributed by atoms with van der Waals surface area (Å²) in [6.07, 6.45) is 10.6. The van der Waals surface area contributed by atoms with Crippen LogP contribution in [0.1, 0.15) is 147 Å². The fourth-order valence-corrected chi connectivity index (χ4v) is 14.1. The van der Waals surface area contributed by atoms with E-state index in [1.165, 1.54) is 26.3 Å². The van der Waals surface area contributed by atoms with Crippen molar-refractivity contribution in [2.75, 3.05) is 102 Å². The maximum atomic E-state index is 14.7. The summed E-state index contributed by atoms with van der Waals surface area (Å²) in [5.74, 6) is -8.63. The first kappa shape index (κ1) is 78.6. The molecule has 5 aliphatic heterocycles. The number of ketones is 3. The summed E-state index contributed by atoms with van der Waals surface area (Å²) in [7, 11) is 3.09. The molecule has 28 nitrogen and oxygen atoms in total. The van der Waals surface area contributed by atoms with E-state index in [1.807, 2.05) is 56.1 Å². The Kier molecular flexibility index (Phi) is 29.2. The van der Waals surface area contributed by atoms with E-state index in [4.69, 9.17) is 54.6 Å². The summed E-state index contributed by atoms with van der Waals surface area (Å²) >= 11 is 0. The second-order valence-electron chi connectivity index (χ2n) is 27.7. The normalized spacial score (nSPS) is 31.9. The molecule has 8 rings (SSSR count). The lowest BCUT2D eigenvalue weighted by Gasteiger charge is -2.42. The molecule has 4 fully saturated rings. The quantitative estimate of drug-likeness (QED) is 0.0574. The zero-order chi connectivity index (χ0) is 72.4. The molecular formula is C72H107N11O17. The number of anilines is 3. The summed E-state index contributed by atoms with van der Waals surface area (Å²) in [5.41, 5.74) is 16.1. The number of nitrogens with two attached hydrogens (primary N) is 2. The highest BCUT2D eigenvalue weighted by atomic mass is 16.6. The van der Waals surface area contributed by atoms with Crippen LogP contribution < -0.4 is 26.6 Å². The number of allylic oxidation sites excluding steroid dienone is 6. The van der Waals surface area contributed by atoms with Crippen LogP contribution in [0.2, 0.25) is 0 Å². The van der Waals surface area contributed by atoms with Crippen molar-refractivity contribution in [2.45, 2.75) is 199 Å². The lowest BCUT2D eigenvalue weighted by molar-refractivity contribution is -0.265. The fraction of sp³-hybridized carbons (Fsp3) is 0.681. The molecule has 0 spiro atoms. The number of methoxy groups -OCH3 is 2. The van der Waals surface area contributed by atoms with Crippen molar-refractivity contribution in [3.63, 3.8) is 0 Å². The van der Waals surface area contributed by atoms with Crippen LogP contribution >= 0.6 is 0 Å². The van der Waals surface area contributed by atoms with Gasteiger partial charge in [-0.3, -0.25) is 24.0 Å². The Morgan fingerprint density at radius 1 is 0.800 bits per heavy atom. The number of hydrogen-bond donors (Lipinski definition) is 6. The zero-order valence-electron chi connectivity index (χ0n) is 59.7. The van der Waals surface area contributed by atoms with Gasteiger partial charge in [-0.25, -0.2) is 24.5 Å². The maximum absolute atomic E-state index is 14.7. The van der Waals surface area contributed by atoms with Crippen molar-refractivity contribution in [1.82, 2.24) is 35.1 Å². The molecule has 28 heteroatoms. The third-order valence-corrected chi connectivity index (χ3v) is 20.4. The van der Waals surface area contributed by atoms with Crippen molar-refractivity contribution in [2.24, 2.45) is 35.3 Å². The number of aromatic nitrogens is 4. The van der Waals surface area contributed by atoms with Crippen molar-refractivity contribution in [3.05, 3.63) is 76.8 Å². The molecule has 3 saturated heterocycles. The standard InChI is InChI=1S/C72H107N11O17/c1-10-96-32-33-97-31-24-75-66(89)52-41-77-70(79-65(52)74)81-29-27-80(28-30-81)69-76-40-50-42-82(26-23-54(50)78-69)71(92)99-57-22-20-49(37-60(57)95-9)36-53(73)59-39-56(84)45(4)35-47(6)62(86)63(87)61(85)46(5)34-43(2)16-12-11-13-17-44(3)58(94-8)38-51-21-19-48(7)72(93,100-51)64(88)67(90)83-25-15-14-18-55(83)68(91)98-59/h11-13,16-17,35,40-41,43,45-46,48-49,51,53,55,57-60,62-63,86-87,93H,10,14-15,18-34,36-39,42,73H2,1-9H3,(H,75,89)(H2,74,77,79)/b13-11+,16-12+,44-17+,47-35+/t43-,45-,46-,48-,49+,51+,53-,55+,57-,58+,59+,60-,62-,63+,72-/m1/s1. The number of esters is 1. The number of nitrogens with zero attached hydrogens (tertiary/aromatic N) is 8. The molecule has 100 heavy (non-hydrogen) atoms. The number of cyclic esters (lactones) is 1. The molecule has 2 aromatic rings. The molecule has 15 atom stereocenters. The highest BCUT2D eigenvalue weighted by Crippen LogP contribution is 2.38. The number of ether oxygens (including phenoxy) is 7. The van der Waals surface area contributed by atoms with Gasteiger partial charge < -0.3 is 84.9 Å². The van der Waals surface area contributed by atoms with Crippen LogP contribution in [0.5, 0.6) is 0 Å². The van der Waals surface area contributed by atoms with Crippen LogP contribution in [0.25, 0.3) is 0 Å². The van der Waals surface area contributed by atoms with E-state index < -0.39 is 126 Å². The first-order valence-corrected chi connectivity index (χ1v) is 35.6. The molecule has 7 heterocycles. The molecule has 0 unspecified atom stereocenters. The number of hydrogen-bond acceptors (Lipinski definition) is 25. The van der Waals surface area contributed by atoms with Gasteiger partial charge in [0.05, 0.1) is 55.9 Å². The molecule has 0 aromatic carbocycles. The van der Waals surface area contributed by atoms with E-state index in [-0.39, 0.29) is 61.1 Å². The molecule has 1 saturated carbocycles. The van der Waals surface area contributed by atoms with Gasteiger partial charge in [0.25, 0.3) is 17.6 Å². The van der Waals surface area contributed by atoms with Gasteiger partial charge in [0.2, 0.25) is 17.7 Å². The van der Waals surface area contributed by atoms with Gasteiger partial charge in [-0.1, -0.05) is 64.2 Å². The minimum absolute atomic E-state index is 0.0000160. The summed E-state index contributed by atoms with van der Waals surface area (Å²) in [5, 5.41) is 37.4. The van der Waals surface area contributed by atoms with Crippen LogP contribution in [0.15, 0.2) is 60.0 Å². The van der Waals surface area contributed by atoms with Gasteiger partial charge in [-0.15, -0.1) is 0 Å². The van der Waals surface area contributed by atoms with Crippen LogP contribution in [0.3, 0.4) is 0 Å². The van der Waals surface area contributed by atoms with Crippen LogP contribution in [0.4, 0.5) is 22.5 Å². The van der Waals surface area contributed by atoms with Crippen molar-refractivity contribution < 1.29 is 82.0 Å². The number of Topliss-reactive ketones (excluding diaryl/α,β-unsaturated/α-hetero) is 3. The van der Waals surface area contributed by atoms with Crippen molar-refractivity contribution >= 4 is 58.9 Å². The van der Waals surface area contributed by atoms with E-state index in [9.17, 15) is 48.9 Å². The minimum atomic E-state index is -2.51. The summed E-state index contributed by atoms with van der Waals surface area (Å²) in [4.78, 5) is 124. The van der Waals surface area contributed by atoms with Gasteiger partial charge in [-0.2, -0.15) is 4.98 Å². The summed E-state index contributed by atoms with van der Waals surface area (Å²) in [6.45, 7) is 17.1. The minimum Gasteiger partial charge on any atom is -0.459 e. The molecule has 2 aromatic heterocycles. The van der Waals surface area contributed by atoms with E-state index in [0.717, 1.165) is 21.7 Å². The number of aliphatic hydroxyl groups is 3. The third-order valence-electron chi connectivity index (χ3n) is 20.4. The fourth-order valence-electron chi connectivity index (χ4n) is 14.1. The van der Waals surface area contributed by atoms with Gasteiger partial charge in [-0.05, 0) is 108 Å². The van der Waals surface area contributed by atoms with E-state index in [1.54, 1.807) is 39.0 Å². The predicted molar refractivity (Wildman–Crippen MR) is 370 cm³/mol. The third kappa shape index (κ3) is 20.6. The Morgan fingerprint density at radius 3 is 2.23 bits per heavy atom. The molecule has 0 radical (unpaired) electrons. The first-order chi connectivity index (χ1) is 47.8. The van der Waals surface area contributed by atoms with Gasteiger partial charge >= 0.3 is 12.1 Å². The predicted octanol–water partition coefficient (Wildman–Crippen LogP) is 4.69. The smallest absolute Gasteiger partial charge is 0.410 e. The van der Waals surface area contributed by atoms with Crippen LogP contribution in [-0.4, -0.2) is 233 Å². The van der Waals surface area contributed by atoms with E-state index in [2.05, 4.69) is 20.2 Å². The number of piperazine rings is 1. The molecule has 2 bridgehead atoms. The number of rotatable bonds is 16. The Morgan fingerprint density at radius 2 is 1.52 bits per heavy atom. The topological polar surface area (TPSA) is 373 Å². The molecule has 6 aliphatic rings. The SMILES string of the molecule is CCOCCOCCNC(=O)c1cnc(N2CCN(c3ncc4c(n3)CCN(C(=O)O[C@@H]3CC[C@@H](C[C@@H](N)[C@@H]5CC(=O)[C@H](C)/C=C(\C)[C@@H](O)[C@@H](O)C(=O)[C@H](C)C[C@H](C)/C=C/C=C/C=C(\C)[C@@H](OC)C[C@@H]6CC[C@@H](C)[C@@](O)(O6)C(=O)C(=O)N6CCCC[C@H]6C(=O)O5)C[C@H]3OC)C4)CC2)nc1N. The Labute approximate surface area is 587 Å². The Bertz CT molecular complexity index is 3270. The molecule has 1 aliphatic carbocycles. The molecule has 552 valence electrons. The second kappa shape index (κ2) is 37.2. The van der Waals surface area contributed by atoms with Crippen molar-refractivity contribution in [3.8, 4) is 0 Å². The number of fused-ring (bicyclic) bond motifs is 4. The van der Waals surface area contributed by atoms with Gasteiger partial charge in [0.15, 0.2) is 5.78 Å². The molecular weight excluding hydrogens is 1290 g/mol. The van der Waals surface area contributed by atoms with E-state index in [0.29, 0.717) is 135 Å². The lowest BCUT2D eigenvalue weighted by Crippen LogP contribution is -2.61. The Hall–Kier alpha value is -7.15. The largest absolute Gasteiger partial charge is 0.459 e. The number of carbonyl (C=O) groups is 7. The van der Waals surface area contributed by atoms with Crippen LogP contribution in [0, 0.1) is 29.6 Å².